The Hall–Kier alpha value is -2.42. The molecule has 1 aromatic rings. The minimum Gasteiger partial charge on any atom is -0.402 e. The second kappa shape index (κ2) is 4.93. The van der Waals surface area contributed by atoms with Gasteiger partial charge in [-0.1, -0.05) is 49.4 Å². The van der Waals surface area contributed by atoms with E-state index in [1.54, 1.807) is 0 Å². The zero-order valence-electron chi connectivity index (χ0n) is 11.2. The van der Waals surface area contributed by atoms with Crippen molar-refractivity contribution in [3.8, 4) is 0 Å². The normalized spacial score (nSPS) is 26.8. The Morgan fingerprint density at radius 1 is 1.25 bits per heavy atom. The topological polar surface area (TPSA) is 38.7 Å². The minimum atomic E-state index is -0.381. The predicted octanol–water partition coefficient (Wildman–Crippen LogP) is 3.40. The van der Waals surface area contributed by atoms with Crippen molar-refractivity contribution < 1.29 is 9.53 Å². The highest BCUT2D eigenvalue weighted by molar-refractivity contribution is 6.11. The molecule has 3 nitrogen and oxygen atoms in total. The lowest BCUT2D eigenvalue weighted by atomic mass is 9.83. The molecule has 0 bridgehead atoms. The van der Waals surface area contributed by atoms with Crippen molar-refractivity contribution in [1.82, 2.24) is 0 Å². The number of ether oxygens (including phenoxy) is 1. The molecule has 1 aliphatic heterocycles. The maximum absolute atomic E-state index is 11.9. The second-order valence-electron chi connectivity index (χ2n) is 5.20. The number of cyclic esters (lactones) is 1. The van der Waals surface area contributed by atoms with E-state index in [1.807, 2.05) is 48.6 Å². The Labute approximate surface area is 118 Å². The van der Waals surface area contributed by atoms with Crippen LogP contribution in [0.5, 0.6) is 0 Å². The Balaban J connectivity index is 1.91. The summed E-state index contributed by atoms with van der Waals surface area (Å²) in [5.41, 5.74) is 1.01. The second-order valence-corrected chi connectivity index (χ2v) is 5.20. The number of carbonyl (C=O) groups excluding carboxylic acids is 1. The van der Waals surface area contributed by atoms with E-state index in [4.69, 9.17) is 4.74 Å². The number of aliphatic imine (C=N–C) groups is 1. The average Bonchev–Trinajstić information content (AvgIpc) is 2.81. The first-order valence-electron chi connectivity index (χ1n) is 6.60. The zero-order valence-corrected chi connectivity index (χ0v) is 11.2. The van der Waals surface area contributed by atoms with E-state index in [1.165, 1.54) is 0 Å². The number of allylic oxidation sites excluding steroid dienone is 5. The van der Waals surface area contributed by atoms with Gasteiger partial charge in [-0.25, -0.2) is 9.79 Å². The molecule has 3 rings (SSSR count). The maximum atomic E-state index is 11.9. The molecule has 2 aliphatic rings. The van der Waals surface area contributed by atoms with Gasteiger partial charge in [0.15, 0.2) is 0 Å². The van der Waals surface area contributed by atoms with E-state index in [2.05, 4.69) is 24.1 Å². The first-order chi connectivity index (χ1) is 9.66. The molecule has 1 unspecified atom stereocenters. The van der Waals surface area contributed by atoms with Gasteiger partial charge in [-0.15, -0.1) is 0 Å². The maximum Gasteiger partial charge on any atom is 0.363 e. The van der Waals surface area contributed by atoms with Crippen LogP contribution in [0.1, 0.15) is 18.9 Å². The molecule has 1 heterocycles. The van der Waals surface area contributed by atoms with Crippen LogP contribution in [-0.2, 0) is 9.53 Å². The van der Waals surface area contributed by atoms with Gasteiger partial charge < -0.3 is 4.74 Å². The van der Waals surface area contributed by atoms with Crippen LogP contribution in [0.4, 0.5) is 0 Å². The molecule has 0 aromatic heterocycles. The molecular formula is C17H15NO2. The van der Waals surface area contributed by atoms with E-state index >= 15 is 0 Å². The summed E-state index contributed by atoms with van der Waals surface area (Å²) in [5.74, 6) is -0.00573. The number of nitrogens with zero attached hydrogens (tertiary/aromatic N) is 1. The third-order valence-electron chi connectivity index (χ3n) is 3.39. The van der Waals surface area contributed by atoms with Crippen LogP contribution in [0, 0.1) is 5.41 Å². The van der Waals surface area contributed by atoms with Crippen molar-refractivity contribution >= 4 is 11.9 Å². The van der Waals surface area contributed by atoms with E-state index in [0.717, 1.165) is 12.0 Å². The molecule has 0 saturated heterocycles. The van der Waals surface area contributed by atoms with Crippen LogP contribution < -0.4 is 0 Å². The van der Waals surface area contributed by atoms with Crippen molar-refractivity contribution in [1.29, 1.82) is 0 Å². The lowest BCUT2D eigenvalue weighted by Crippen LogP contribution is -2.12. The van der Waals surface area contributed by atoms with Crippen LogP contribution in [0.25, 0.3) is 0 Å². The van der Waals surface area contributed by atoms with Gasteiger partial charge in [0.05, 0.1) is 0 Å². The van der Waals surface area contributed by atoms with Crippen molar-refractivity contribution in [2.45, 2.75) is 13.3 Å². The fourth-order valence-corrected chi connectivity index (χ4v) is 2.28. The monoisotopic (exact) mass is 265 g/mol. The van der Waals surface area contributed by atoms with Crippen LogP contribution in [0.15, 0.2) is 71.4 Å². The molecular weight excluding hydrogens is 250 g/mol. The van der Waals surface area contributed by atoms with Gasteiger partial charge in [0.2, 0.25) is 5.90 Å². The molecule has 20 heavy (non-hydrogen) atoms. The molecule has 0 spiro atoms. The Morgan fingerprint density at radius 2 is 2.05 bits per heavy atom. The molecule has 3 heteroatoms. The summed E-state index contributed by atoms with van der Waals surface area (Å²) >= 11 is 0. The number of esters is 1. The fourth-order valence-electron chi connectivity index (χ4n) is 2.28. The Bertz CT molecular complexity index is 653. The Kier molecular flexibility index (Phi) is 3.11. The van der Waals surface area contributed by atoms with Gasteiger partial charge in [-0.05, 0) is 24.6 Å². The van der Waals surface area contributed by atoms with Crippen molar-refractivity contribution in [3.63, 3.8) is 0 Å². The van der Waals surface area contributed by atoms with E-state index < -0.39 is 0 Å². The molecule has 1 aromatic carbocycles. The Morgan fingerprint density at radius 3 is 2.75 bits per heavy atom. The molecule has 1 atom stereocenters. The fraction of sp³-hybridized carbons (Fsp3) is 0.176. The predicted molar refractivity (Wildman–Crippen MR) is 78.2 cm³/mol. The number of rotatable bonds is 2. The highest BCUT2D eigenvalue weighted by Crippen LogP contribution is 2.31. The zero-order chi connectivity index (χ0) is 14.0. The minimum absolute atomic E-state index is 0.182. The van der Waals surface area contributed by atoms with Crippen molar-refractivity contribution in [2.24, 2.45) is 10.4 Å². The quantitative estimate of drug-likeness (QED) is 0.607. The van der Waals surface area contributed by atoms with Crippen molar-refractivity contribution in [2.75, 3.05) is 0 Å². The van der Waals surface area contributed by atoms with Gasteiger partial charge in [-0.3, -0.25) is 0 Å². The van der Waals surface area contributed by atoms with E-state index in [-0.39, 0.29) is 11.4 Å². The van der Waals surface area contributed by atoms with E-state index in [0.29, 0.717) is 11.6 Å². The smallest absolute Gasteiger partial charge is 0.363 e. The molecule has 0 saturated carbocycles. The first kappa shape index (κ1) is 12.6. The summed E-state index contributed by atoms with van der Waals surface area (Å²) in [6.07, 6.45) is 10.9. The summed E-state index contributed by atoms with van der Waals surface area (Å²) in [6, 6.07) is 9.45. The molecule has 0 radical (unpaired) electrons. The highest BCUT2D eigenvalue weighted by Gasteiger charge is 2.28. The third-order valence-corrected chi connectivity index (χ3v) is 3.39. The van der Waals surface area contributed by atoms with Gasteiger partial charge in [0, 0.05) is 11.0 Å². The summed E-state index contributed by atoms with van der Waals surface area (Å²) in [6.45, 7) is 2.07. The molecule has 0 N–H and O–H groups in total. The van der Waals surface area contributed by atoms with Gasteiger partial charge >= 0.3 is 5.97 Å². The highest BCUT2D eigenvalue weighted by atomic mass is 16.6. The SMILES string of the molecule is CC1(C=C2N=C(c3ccccc3)OC2=O)C=CC=CC1. The summed E-state index contributed by atoms with van der Waals surface area (Å²) in [4.78, 5) is 16.3. The molecule has 0 amide bonds. The van der Waals surface area contributed by atoms with Gasteiger partial charge in [0.1, 0.15) is 5.70 Å². The number of benzene rings is 1. The molecule has 1 aliphatic carbocycles. The third kappa shape index (κ3) is 2.48. The van der Waals surface area contributed by atoms with Crippen LogP contribution >= 0.6 is 0 Å². The lowest BCUT2D eigenvalue weighted by Gasteiger charge is -2.21. The molecule has 100 valence electrons. The van der Waals surface area contributed by atoms with Crippen LogP contribution in [0.2, 0.25) is 0 Å². The largest absolute Gasteiger partial charge is 0.402 e. The number of carbonyl (C=O) groups is 1. The van der Waals surface area contributed by atoms with E-state index in [9.17, 15) is 4.79 Å². The number of hydrogen-bond donors (Lipinski definition) is 0. The average molecular weight is 265 g/mol. The summed E-state index contributed by atoms with van der Waals surface area (Å²) in [5, 5.41) is 0. The standard InChI is InChI=1S/C17H15NO2/c1-17(10-6-3-7-11-17)12-14-16(19)20-15(18-14)13-8-4-2-5-9-13/h2-10,12H,11H2,1H3. The lowest BCUT2D eigenvalue weighted by molar-refractivity contribution is -0.130. The summed E-state index contributed by atoms with van der Waals surface area (Å²) < 4.78 is 5.25. The number of hydrogen-bond acceptors (Lipinski definition) is 3. The van der Waals surface area contributed by atoms with Crippen molar-refractivity contribution in [3.05, 3.63) is 72.0 Å². The first-order valence-corrected chi connectivity index (χ1v) is 6.60. The summed E-state index contributed by atoms with van der Waals surface area (Å²) in [7, 11) is 0. The van der Waals surface area contributed by atoms with Gasteiger partial charge in [0.25, 0.3) is 0 Å². The van der Waals surface area contributed by atoms with Crippen LogP contribution in [-0.4, -0.2) is 11.9 Å². The van der Waals surface area contributed by atoms with Crippen LogP contribution in [0.3, 0.4) is 0 Å². The van der Waals surface area contributed by atoms with Gasteiger partial charge in [-0.2, -0.15) is 0 Å². The molecule has 0 fully saturated rings.